The van der Waals surface area contributed by atoms with E-state index < -0.39 is 27.6 Å². The molecule has 0 bridgehead atoms. The van der Waals surface area contributed by atoms with Gasteiger partial charge in [0.15, 0.2) is 23.1 Å². The highest BCUT2D eigenvalue weighted by atomic mass is 35.5. The fourth-order valence-corrected chi connectivity index (χ4v) is 13.5. The molecule has 0 atom stereocenters. The van der Waals surface area contributed by atoms with E-state index >= 15 is 0 Å². The molecule has 2 N–H and O–H groups in total. The number of fused-ring (bicyclic) bond motifs is 3. The summed E-state index contributed by atoms with van der Waals surface area (Å²) in [4.78, 5) is 119. The van der Waals surface area contributed by atoms with Crippen LogP contribution in [0.3, 0.4) is 0 Å². The van der Waals surface area contributed by atoms with E-state index in [9.17, 15) is 38.8 Å². The number of aromatic nitrogens is 3. The number of hydrogen-bond acceptors (Lipinski definition) is 18. The number of carbonyl (C=O) groups excluding carboxylic acids is 7. The molecule has 0 saturated heterocycles. The maximum Gasteiger partial charge on any atom is 0.325 e. The van der Waals surface area contributed by atoms with Crippen molar-refractivity contribution in [3.8, 4) is 6.07 Å². The van der Waals surface area contributed by atoms with Gasteiger partial charge in [0.05, 0.1) is 51.7 Å². The van der Waals surface area contributed by atoms with Crippen molar-refractivity contribution in [1.82, 2.24) is 14.9 Å². The summed E-state index contributed by atoms with van der Waals surface area (Å²) in [6.07, 6.45) is 6.40. The van der Waals surface area contributed by atoms with Crippen molar-refractivity contribution in [2.45, 2.75) is 123 Å². The second kappa shape index (κ2) is 40.3. The van der Waals surface area contributed by atoms with Crippen molar-refractivity contribution in [1.29, 1.82) is 5.26 Å². The van der Waals surface area contributed by atoms with E-state index in [0.717, 1.165) is 82.7 Å². The van der Waals surface area contributed by atoms with E-state index in [-0.39, 0.29) is 63.7 Å². The molecule has 10 aromatic rings. The third-order valence-electron chi connectivity index (χ3n) is 21.2. The van der Waals surface area contributed by atoms with Gasteiger partial charge in [-0.15, -0.1) is 20.0 Å². The van der Waals surface area contributed by atoms with Gasteiger partial charge in [-0.1, -0.05) is 224 Å². The lowest BCUT2D eigenvalue weighted by Crippen LogP contribution is -2.28. The lowest BCUT2D eigenvalue weighted by Gasteiger charge is -2.21. The molecule has 0 radical (unpaired) electrons. The number of para-hydroxylation sites is 1. The zero-order chi connectivity index (χ0) is 94.6. The maximum absolute atomic E-state index is 13.0. The summed E-state index contributed by atoms with van der Waals surface area (Å²) in [5.41, 5.74) is 12.3. The summed E-state index contributed by atoms with van der Waals surface area (Å²) in [5.74, 6) is 0.306. The number of nitrogens with zero attached hydrogens (tertiary/aromatic N) is 15. The molecule has 0 spiro atoms. The number of anilines is 7. The van der Waals surface area contributed by atoms with Gasteiger partial charge in [-0.2, -0.15) is 0 Å². The van der Waals surface area contributed by atoms with Crippen molar-refractivity contribution in [2.75, 3.05) is 91.6 Å². The van der Waals surface area contributed by atoms with E-state index in [2.05, 4.69) is 58.8 Å². The van der Waals surface area contributed by atoms with E-state index in [1.54, 1.807) is 54.6 Å². The Morgan fingerprint density at radius 3 is 1.49 bits per heavy atom. The standard InChI is InChI=1S/C28H27N3O.C27H29NO3.C26H30ClN7O.C23H24N6O2/c1-28(2,3)27(32)17-21-16-22(31(5)6)13-11-19(21)15-20-12-14-25(26(18-29)30-4)24-10-8-7-9-23(20)24;1-17(29)24-15-20(22-9-7-8-10-23(22)26(24)31)13-18-11-12-21(28(5)6)14-19(18)16-25(30)27(2,3)4;1-15(2)23-30-24-22(21(31-34(24)32-23)17-10-8-9-11-18(17)27)28-19-13-12-16(33(6)7)14-20(19)29-25(35)26(3,4)5;1-23(2,3)22(31)26-18-14-16(28(5)6)12-13-17(18)25-19-20(24-4)27-29(21(19)30)15-10-8-7-9-11-15/h7-16H,17H2,1-3,5-6H3;7-15H,16H2,1-6H3;8-15H,1-7H3,(H,29,35);7-14H,1-3,5-6H3,(H,26,31)/b20-15?,26-25-;;;. The van der Waals surface area contributed by atoms with Crippen LogP contribution in [0.1, 0.15) is 165 Å². The van der Waals surface area contributed by atoms with Crippen LogP contribution in [0, 0.1) is 46.1 Å². The first-order valence-corrected chi connectivity index (χ1v) is 42.5. The Morgan fingerprint density at radius 2 is 1.02 bits per heavy atom. The van der Waals surface area contributed by atoms with Crippen LogP contribution in [-0.2, 0) is 41.6 Å². The average Bonchev–Trinajstić information content (AvgIpc) is 1.54. The van der Waals surface area contributed by atoms with Crippen molar-refractivity contribution < 1.29 is 33.6 Å². The van der Waals surface area contributed by atoms with E-state index in [1.165, 1.54) is 11.7 Å². The SMILES string of the molecule is CC(=O)C1=CC(=Cc2ccc(N(C)C)cc2CC(=O)C(C)(C)C)c2ccccc2C1=O.CC(C)c1nc2n(n1)N=C(c1ccccc1Cl)C2=Nc1ccc(N(C)C)cc1NC(=O)C(C)(C)C.[C-]#[N+]/C(C#N)=c1/ccc(=Cc2ccc(N(C)C)cc2CC(=O)C(C)(C)C)c2ccccc12.[C-]#[N+]C1=NN(c2ccccc2)C(=O)C1=Nc1ccc(N(C)C)cc1NC(=O)C(C)(C)C. The van der Waals surface area contributed by atoms with E-state index in [4.69, 9.17) is 34.7 Å². The molecule has 3 aliphatic rings. The number of nitriles is 1. The lowest BCUT2D eigenvalue weighted by atomic mass is 9.83. The molecule has 13 rings (SSSR count). The monoisotopic (exact) mass is 1740 g/mol. The minimum absolute atomic E-state index is 0.0669. The van der Waals surface area contributed by atoms with Crippen molar-refractivity contribution in [2.24, 2.45) is 41.8 Å². The van der Waals surface area contributed by atoms with Crippen LogP contribution in [0.4, 0.5) is 51.2 Å². The highest BCUT2D eigenvalue weighted by molar-refractivity contribution is 6.73. The molecule has 24 nitrogen and oxygen atoms in total. The van der Waals surface area contributed by atoms with Crippen LogP contribution in [0.5, 0.6) is 0 Å². The summed E-state index contributed by atoms with van der Waals surface area (Å²) in [7, 11) is 15.6. The second-order valence-electron chi connectivity index (χ2n) is 36.6. The molecule has 3 heterocycles. The first-order chi connectivity index (χ1) is 60.7. The number of rotatable bonds is 18. The molecule has 0 saturated carbocycles. The topological polar surface area (TPSA) is 272 Å². The quantitative estimate of drug-likeness (QED) is 0.0597. The van der Waals surface area contributed by atoms with Gasteiger partial charge < -0.3 is 35.1 Å². The Hall–Kier alpha value is -14.7. The number of aliphatic imine (C=N–C) groups is 2. The van der Waals surface area contributed by atoms with Crippen LogP contribution < -0.4 is 45.7 Å². The van der Waals surface area contributed by atoms with Crippen LogP contribution in [0.2, 0.25) is 5.02 Å². The summed E-state index contributed by atoms with van der Waals surface area (Å²) >= 11 is 6.52. The van der Waals surface area contributed by atoms with E-state index in [0.29, 0.717) is 80.2 Å². The summed E-state index contributed by atoms with van der Waals surface area (Å²) in [6.45, 7) is 42.9. The van der Waals surface area contributed by atoms with Gasteiger partial charge in [0, 0.05) is 131 Å². The number of amides is 3. The molecule has 660 valence electrons. The number of benzene rings is 9. The zero-order valence-electron chi connectivity index (χ0n) is 77.6. The number of hydrogen-bond donors (Lipinski definition) is 2. The minimum Gasteiger partial charge on any atom is -0.378 e. The molecule has 0 fully saturated rings. The number of hydrazone groups is 1. The van der Waals surface area contributed by atoms with E-state index in [1.807, 2.05) is 312 Å². The third kappa shape index (κ3) is 23.3. The Kier molecular flexibility index (Phi) is 30.2. The van der Waals surface area contributed by atoms with Crippen molar-refractivity contribution in [3.05, 3.63) is 289 Å². The van der Waals surface area contributed by atoms with Crippen LogP contribution >= 0.6 is 11.6 Å². The zero-order valence-corrected chi connectivity index (χ0v) is 78.3. The normalized spacial score (nSPS) is 14.2. The highest BCUT2D eigenvalue weighted by Gasteiger charge is 2.38. The fourth-order valence-electron chi connectivity index (χ4n) is 13.2. The minimum atomic E-state index is -0.616. The number of carbonyl (C=O) groups is 7. The molecule has 2 aliphatic heterocycles. The molecular weight excluding hydrogens is 1630 g/mol. The summed E-state index contributed by atoms with van der Waals surface area (Å²) in [6, 6.07) is 60.5. The van der Waals surface area contributed by atoms with Crippen LogP contribution in [0.15, 0.2) is 220 Å². The molecule has 129 heavy (non-hydrogen) atoms. The molecule has 3 amide bonds. The van der Waals surface area contributed by atoms with Crippen LogP contribution in [-0.4, -0.2) is 135 Å². The molecule has 1 aromatic heterocycles. The van der Waals surface area contributed by atoms with Gasteiger partial charge in [-0.25, -0.2) is 20.1 Å². The smallest absolute Gasteiger partial charge is 0.325 e. The Labute approximate surface area is 760 Å². The van der Waals surface area contributed by atoms with Crippen molar-refractivity contribution >= 4 is 161 Å². The Bertz CT molecular complexity index is 6550. The summed E-state index contributed by atoms with van der Waals surface area (Å²) < 4.78 is 0. The largest absolute Gasteiger partial charge is 0.378 e. The number of amidine groups is 1. The molecule has 0 unspecified atom stereocenters. The number of halogens is 1. The lowest BCUT2D eigenvalue weighted by molar-refractivity contribution is -0.126. The van der Waals surface area contributed by atoms with Crippen LogP contribution in [0.25, 0.3) is 43.9 Å². The number of allylic oxidation sites excluding steroid dienone is 3. The number of Topliss-reactive ketones (excluding diaryl/α,β-unsaturated/α-hetero) is 4. The van der Waals surface area contributed by atoms with Gasteiger partial charge >= 0.3 is 11.7 Å². The number of nitrogens with one attached hydrogen (secondary N) is 2. The molecule has 9 aromatic carbocycles. The predicted molar refractivity (Wildman–Crippen MR) is 524 cm³/mol. The van der Waals surface area contributed by atoms with Gasteiger partial charge in [-0.05, 0) is 164 Å². The van der Waals surface area contributed by atoms with Gasteiger partial charge in [0.25, 0.3) is 5.70 Å². The Morgan fingerprint density at radius 1 is 0.550 bits per heavy atom. The molecule has 1 aliphatic carbocycles. The third-order valence-corrected chi connectivity index (χ3v) is 21.6. The molecular formula is C104H110ClN17O7. The predicted octanol–water partition coefficient (Wildman–Crippen LogP) is 19.2. The fraction of sp³-hybridized carbons (Fsp3) is 0.288. The van der Waals surface area contributed by atoms with Gasteiger partial charge in [0.2, 0.25) is 17.6 Å². The first kappa shape index (κ1) is 96.5. The Balaban J connectivity index is 0.000000179. The molecule has 25 heteroatoms. The van der Waals surface area contributed by atoms with Gasteiger partial charge in [0.1, 0.15) is 23.0 Å². The second-order valence-corrected chi connectivity index (χ2v) is 37.0. The maximum atomic E-state index is 13.0. The highest BCUT2D eigenvalue weighted by Crippen LogP contribution is 2.39. The first-order valence-electron chi connectivity index (χ1n) is 42.1. The van der Waals surface area contributed by atoms with Crippen molar-refractivity contribution in [3.63, 3.8) is 0 Å². The number of ketones is 4. The van der Waals surface area contributed by atoms with Gasteiger partial charge in [-0.3, -0.25) is 38.6 Å². The average molecular weight is 1750 g/mol. The summed E-state index contributed by atoms with van der Waals surface area (Å²) in [5, 5.41) is 33.8.